The van der Waals surface area contributed by atoms with E-state index in [1.807, 2.05) is 60.7 Å². The number of hydrogen-bond donors (Lipinski definition) is 2. The topological polar surface area (TPSA) is 127 Å². The smallest absolute Gasteiger partial charge is 0.245 e. The van der Waals surface area contributed by atoms with Crippen LogP contribution >= 0.6 is 11.8 Å². The van der Waals surface area contributed by atoms with Crippen molar-refractivity contribution in [2.45, 2.75) is 17.5 Å². The normalized spacial score (nSPS) is 10.5. The molecule has 2 heterocycles. The van der Waals surface area contributed by atoms with Gasteiger partial charge in [-0.05, 0) is 17.7 Å². The standard InChI is InChI=1S/C21H18N8OS/c22-11-16-12-24-29(17-9-5-2-6-10-17)19(16)25-18(30)13-28-20(23)26-27-21(28)31-14-15-7-3-1-4-8-15/h1-10,12H,13-14H2,(H2,23,26)(H,25,30). The number of hydrogen-bond acceptors (Lipinski definition) is 7. The molecule has 0 aliphatic carbocycles. The molecule has 0 saturated carbocycles. The Morgan fingerprint density at radius 3 is 2.52 bits per heavy atom. The minimum Gasteiger partial charge on any atom is -0.368 e. The van der Waals surface area contributed by atoms with Crippen molar-refractivity contribution in [1.82, 2.24) is 24.5 Å². The maximum absolute atomic E-state index is 12.8. The molecular weight excluding hydrogens is 412 g/mol. The van der Waals surface area contributed by atoms with E-state index in [0.29, 0.717) is 16.7 Å². The van der Waals surface area contributed by atoms with E-state index in [-0.39, 0.29) is 24.0 Å². The van der Waals surface area contributed by atoms with Crippen LogP contribution in [0, 0.1) is 11.3 Å². The van der Waals surface area contributed by atoms with Crippen LogP contribution in [0.5, 0.6) is 0 Å². The largest absolute Gasteiger partial charge is 0.368 e. The van der Waals surface area contributed by atoms with Crippen LogP contribution in [0.2, 0.25) is 0 Å². The van der Waals surface area contributed by atoms with Crippen molar-refractivity contribution in [1.29, 1.82) is 5.26 Å². The number of anilines is 2. The van der Waals surface area contributed by atoms with Crippen LogP contribution in [-0.4, -0.2) is 30.5 Å². The SMILES string of the molecule is N#Cc1cnn(-c2ccccc2)c1NC(=O)Cn1c(N)nnc1SCc1ccccc1. The van der Waals surface area contributed by atoms with Crippen LogP contribution in [0.3, 0.4) is 0 Å². The summed E-state index contributed by atoms with van der Waals surface area (Å²) >= 11 is 1.44. The molecule has 0 radical (unpaired) electrons. The lowest BCUT2D eigenvalue weighted by molar-refractivity contribution is -0.116. The van der Waals surface area contributed by atoms with Crippen molar-refractivity contribution in [3.63, 3.8) is 0 Å². The quantitative estimate of drug-likeness (QED) is 0.432. The molecule has 1 amide bonds. The molecule has 154 valence electrons. The molecule has 0 aliphatic rings. The van der Waals surface area contributed by atoms with Gasteiger partial charge in [0.05, 0.1) is 11.9 Å². The average Bonchev–Trinajstić information content (AvgIpc) is 3.36. The second kappa shape index (κ2) is 9.15. The number of nitrogens with zero attached hydrogens (tertiary/aromatic N) is 6. The lowest BCUT2D eigenvalue weighted by atomic mass is 10.2. The first-order chi connectivity index (χ1) is 15.2. The summed E-state index contributed by atoms with van der Waals surface area (Å²) in [5.41, 5.74) is 8.04. The van der Waals surface area contributed by atoms with Gasteiger partial charge in [0, 0.05) is 5.75 Å². The minimum atomic E-state index is -0.373. The third-order valence-corrected chi connectivity index (χ3v) is 5.44. The van der Waals surface area contributed by atoms with Crippen molar-refractivity contribution in [3.8, 4) is 11.8 Å². The van der Waals surface area contributed by atoms with Gasteiger partial charge in [-0.25, -0.2) is 4.68 Å². The second-order valence-electron chi connectivity index (χ2n) is 6.52. The fraction of sp³-hybridized carbons (Fsp3) is 0.0952. The Bertz CT molecular complexity index is 1230. The number of benzene rings is 2. The van der Waals surface area contributed by atoms with E-state index < -0.39 is 0 Å². The predicted molar refractivity (Wildman–Crippen MR) is 117 cm³/mol. The highest BCUT2D eigenvalue weighted by atomic mass is 32.2. The highest BCUT2D eigenvalue weighted by Crippen LogP contribution is 2.23. The number of nitrogen functional groups attached to an aromatic ring is 1. The zero-order chi connectivity index (χ0) is 21.6. The van der Waals surface area contributed by atoms with Gasteiger partial charge < -0.3 is 11.1 Å². The Balaban J connectivity index is 1.51. The summed E-state index contributed by atoms with van der Waals surface area (Å²) in [4.78, 5) is 12.8. The Morgan fingerprint density at radius 2 is 1.81 bits per heavy atom. The summed E-state index contributed by atoms with van der Waals surface area (Å²) in [5, 5.41) is 24.9. The van der Waals surface area contributed by atoms with Crippen molar-refractivity contribution in [2.24, 2.45) is 0 Å². The molecule has 0 bridgehead atoms. The van der Waals surface area contributed by atoms with Crippen LogP contribution in [0.4, 0.5) is 11.8 Å². The first kappa shape index (κ1) is 20.2. The summed E-state index contributed by atoms with van der Waals surface area (Å²) in [6.45, 7) is -0.0964. The highest BCUT2D eigenvalue weighted by Gasteiger charge is 2.18. The molecule has 4 rings (SSSR count). The van der Waals surface area contributed by atoms with E-state index in [4.69, 9.17) is 5.73 Å². The Kier molecular flexibility index (Phi) is 5.96. The van der Waals surface area contributed by atoms with Gasteiger partial charge >= 0.3 is 0 Å². The highest BCUT2D eigenvalue weighted by molar-refractivity contribution is 7.98. The van der Waals surface area contributed by atoms with E-state index in [2.05, 4.69) is 26.7 Å². The molecule has 4 aromatic rings. The molecule has 0 spiro atoms. The second-order valence-corrected chi connectivity index (χ2v) is 7.46. The number of carbonyl (C=O) groups is 1. The molecule has 9 nitrogen and oxygen atoms in total. The number of rotatable bonds is 7. The zero-order valence-corrected chi connectivity index (χ0v) is 17.2. The number of amides is 1. The molecule has 2 aromatic carbocycles. The molecule has 0 saturated heterocycles. The lowest BCUT2D eigenvalue weighted by Gasteiger charge is -2.11. The summed E-state index contributed by atoms with van der Waals surface area (Å²) in [7, 11) is 0. The van der Waals surface area contributed by atoms with Gasteiger partial charge in [0.25, 0.3) is 0 Å². The summed E-state index contributed by atoms with van der Waals surface area (Å²) in [5.74, 6) is 0.730. The van der Waals surface area contributed by atoms with Crippen LogP contribution in [0.15, 0.2) is 72.0 Å². The molecule has 0 atom stereocenters. The van der Waals surface area contributed by atoms with Gasteiger partial charge in [-0.15, -0.1) is 10.2 Å². The number of nitriles is 1. The van der Waals surface area contributed by atoms with Gasteiger partial charge in [0.1, 0.15) is 18.2 Å². The number of thioether (sulfide) groups is 1. The van der Waals surface area contributed by atoms with Gasteiger partial charge in [0.2, 0.25) is 11.9 Å². The van der Waals surface area contributed by atoms with Crippen LogP contribution in [0.1, 0.15) is 11.1 Å². The molecule has 10 heteroatoms. The van der Waals surface area contributed by atoms with E-state index in [1.165, 1.54) is 27.2 Å². The Labute approximate surface area is 182 Å². The van der Waals surface area contributed by atoms with Gasteiger partial charge in [0.15, 0.2) is 11.0 Å². The molecule has 0 fully saturated rings. The maximum atomic E-state index is 12.8. The van der Waals surface area contributed by atoms with Crippen molar-refractivity contribution >= 4 is 29.4 Å². The number of aromatic nitrogens is 5. The molecule has 2 aromatic heterocycles. The third kappa shape index (κ3) is 4.57. The van der Waals surface area contributed by atoms with Crippen LogP contribution in [-0.2, 0) is 17.1 Å². The van der Waals surface area contributed by atoms with Crippen molar-refractivity contribution in [2.75, 3.05) is 11.1 Å². The first-order valence-corrected chi connectivity index (χ1v) is 10.3. The average molecular weight is 430 g/mol. The van der Waals surface area contributed by atoms with E-state index in [9.17, 15) is 10.1 Å². The minimum absolute atomic E-state index is 0.0964. The summed E-state index contributed by atoms with van der Waals surface area (Å²) in [6, 6.07) is 21.2. The fourth-order valence-electron chi connectivity index (χ4n) is 2.91. The molecular formula is C21H18N8OS. The van der Waals surface area contributed by atoms with E-state index in [1.54, 1.807) is 0 Å². The maximum Gasteiger partial charge on any atom is 0.245 e. The Morgan fingerprint density at radius 1 is 1.10 bits per heavy atom. The zero-order valence-electron chi connectivity index (χ0n) is 16.3. The van der Waals surface area contributed by atoms with Crippen LogP contribution < -0.4 is 11.1 Å². The van der Waals surface area contributed by atoms with E-state index in [0.717, 1.165) is 11.3 Å². The fourth-order valence-corrected chi connectivity index (χ4v) is 3.81. The summed E-state index contributed by atoms with van der Waals surface area (Å²) < 4.78 is 3.05. The van der Waals surface area contributed by atoms with Gasteiger partial charge in [-0.2, -0.15) is 10.4 Å². The molecule has 31 heavy (non-hydrogen) atoms. The molecule has 0 unspecified atom stereocenters. The number of para-hydroxylation sites is 1. The number of nitrogens with two attached hydrogens (primary N) is 1. The predicted octanol–water partition coefficient (Wildman–Crippen LogP) is 2.85. The van der Waals surface area contributed by atoms with Gasteiger partial charge in [-0.1, -0.05) is 60.3 Å². The molecule has 0 aliphatic heterocycles. The van der Waals surface area contributed by atoms with Crippen molar-refractivity contribution < 1.29 is 4.79 Å². The Hall–Kier alpha value is -4.10. The third-order valence-electron chi connectivity index (χ3n) is 4.41. The van der Waals surface area contributed by atoms with Crippen LogP contribution in [0.25, 0.3) is 5.69 Å². The monoisotopic (exact) mass is 430 g/mol. The summed E-state index contributed by atoms with van der Waals surface area (Å²) in [6.07, 6.45) is 1.41. The van der Waals surface area contributed by atoms with E-state index >= 15 is 0 Å². The number of nitrogens with one attached hydrogen (secondary N) is 1. The number of carbonyl (C=O) groups excluding carboxylic acids is 1. The van der Waals surface area contributed by atoms with Gasteiger partial charge in [-0.3, -0.25) is 9.36 Å². The first-order valence-electron chi connectivity index (χ1n) is 9.34. The van der Waals surface area contributed by atoms with Crippen molar-refractivity contribution in [3.05, 3.63) is 78.0 Å². The lowest BCUT2D eigenvalue weighted by Crippen LogP contribution is -2.22. The molecule has 3 N–H and O–H groups in total.